The molecule has 2 aromatic rings. The van der Waals surface area contributed by atoms with Crippen LogP contribution in [-0.2, 0) is 11.2 Å². The van der Waals surface area contributed by atoms with Gasteiger partial charge in [0, 0.05) is 43.6 Å². The fourth-order valence-electron chi connectivity index (χ4n) is 2.82. The molecule has 1 fully saturated rings. The molecule has 9 heteroatoms. The minimum Gasteiger partial charge on any atom is -0.378 e. The normalized spacial score (nSPS) is 14.3. The van der Waals surface area contributed by atoms with Gasteiger partial charge >= 0.3 is 0 Å². The lowest BCUT2D eigenvalue weighted by Crippen LogP contribution is -2.38. The third-order valence-electron chi connectivity index (χ3n) is 4.12. The summed E-state index contributed by atoms with van der Waals surface area (Å²) in [6.07, 6.45) is 0.623. The van der Waals surface area contributed by atoms with Crippen LogP contribution in [0.25, 0.3) is 0 Å². The van der Waals surface area contributed by atoms with Crippen molar-refractivity contribution in [3.8, 4) is 0 Å². The summed E-state index contributed by atoms with van der Waals surface area (Å²) in [5.74, 6) is -0.317. The molecule has 0 radical (unpaired) electrons. The lowest BCUT2D eigenvalue weighted by atomic mass is 10.1. The van der Waals surface area contributed by atoms with Crippen molar-refractivity contribution in [3.63, 3.8) is 0 Å². The van der Waals surface area contributed by atoms with Crippen LogP contribution in [0, 0.1) is 17.0 Å². The summed E-state index contributed by atoms with van der Waals surface area (Å²) >= 11 is 1.57. The van der Waals surface area contributed by atoms with E-state index in [2.05, 4.69) is 10.3 Å². The first kappa shape index (κ1) is 18.3. The second-order valence-electron chi connectivity index (χ2n) is 5.92. The molecule has 1 aliphatic rings. The summed E-state index contributed by atoms with van der Waals surface area (Å²) in [4.78, 5) is 29.7. The molecular formula is C17H20N4O4S. The second kappa shape index (κ2) is 8.24. The maximum absolute atomic E-state index is 12.7. The number of morpholine rings is 1. The number of nitro groups is 1. The van der Waals surface area contributed by atoms with E-state index in [-0.39, 0.29) is 11.6 Å². The predicted octanol–water partition coefficient (Wildman–Crippen LogP) is 2.17. The Bertz CT molecular complexity index is 802. The number of thiazole rings is 1. The molecule has 1 aromatic carbocycles. The molecule has 3 rings (SSSR count). The Morgan fingerprint density at radius 3 is 2.85 bits per heavy atom. The maximum Gasteiger partial charge on any atom is 0.270 e. The average molecular weight is 376 g/mol. The van der Waals surface area contributed by atoms with E-state index in [0.717, 1.165) is 10.7 Å². The van der Waals surface area contributed by atoms with E-state index in [1.807, 2.05) is 17.2 Å². The SMILES string of the molecule is Cc1nc(CCNC(=O)c2cc([N+](=O)[O-])ccc2N2CCOCC2)cs1. The summed E-state index contributed by atoms with van der Waals surface area (Å²) in [5.41, 5.74) is 1.85. The first-order valence-electron chi connectivity index (χ1n) is 8.35. The van der Waals surface area contributed by atoms with Gasteiger partial charge in [-0.15, -0.1) is 11.3 Å². The zero-order chi connectivity index (χ0) is 18.5. The number of aromatic nitrogens is 1. The Balaban J connectivity index is 1.74. The lowest BCUT2D eigenvalue weighted by Gasteiger charge is -2.30. The highest BCUT2D eigenvalue weighted by molar-refractivity contribution is 7.09. The number of carbonyl (C=O) groups is 1. The zero-order valence-electron chi connectivity index (χ0n) is 14.4. The summed E-state index contributed by atoms with van der Waals surface area (Å²) in [7, 11) is 0. The van der Waals surface area contributed by atoms with Gasteiger partial charge in [-0.05, 0) is 13.0 Å². The molecule has 0 unspecified atom stereocenters. The average Bonchev–Trinajstić information content (AvgIpc) is 3.07. The number of amides is 1. The molecule has 1 N–H and O–H groups in total. The van der Waals surface area contributed by atoms with Crippen LogP contribution in [0.4, 0.5) is 11.4 Å². The number of anilines is 1. The van der Waals surface area contributed by atoms with E-state index in [9.17, 15) is 14.9 Å². The smallest absolute Gasteiger partial charge is 0.270 e. The summed E-state index contributed by atoms with van der Waals surface area (Å²) in [6, 6.07) is 4.41. The van der Waals surface area contributed by atoms with Crippen LogP contribution < -0.4 is 10.2 Å². The standard InChI is InChI=1S/C17H20N4O4S/c1-12-19-13(11-26-12)4-5-18-17(22)15-10-14(21(23)24)2-3-16(15)20-6-8-25-9-7-20/h2-3,10-11H,4-9H2,1H3,(H,18,22). The van der Waals surface area contributed by atoms with Gasteiger partial charge in [0.05, 0.1) is 40.1 Å². The molecule has 2 heterocycles. The van der Waals surface area contributed by atoms with Crippen molar-refractivity contribution >= 4 is 28.6 Å². The Morgan fingerprint density at radius 1 is 1.42 bits per heavy atom. The largest absolute Gasteiger partial charge is 0.378 e. The van der Waals surface area contributed by atoms with Crippen LogP contribution in [0.15, 0.2) is 23.6 Å². The number of nitrogens with zero attached hydrogens (tertiary/aromatic N) is 3. The van der Waals surface area contributed by atoms with E-state index in [4.69, 9.17) is 4.74 Å². The quantitative estimate of drug-likeness (QED) is 0.613. The van der Waals surface area contributed by atoms with Crippen molar-refractivity contribution in [3.05, 3.63) is 50.0 Å². The van der Waals surface area contributed by atoms with Gasteiger partial charge in [0.1, 0.15) is 0 Å². The highest BCUT2D eigenvalue weighted by Crippen LogP contribution is 2.26. The van der Waals surface area contributed by atoms with Gasteiger partial charge in [0.15, 0.2) is 0 Å². The third kappa shape index (κ3) is 4.36. The number of rotatable bonds is 6. The van der Waals surface area contributed by atoms with E-state index < -0.39 is 4.92 Å². The molecule has 1 aromatic heterocycles. The first-order chi connectivity index (χ1) is 12.5. The van der Waals surface area contributed by atoms with Gasteiger partial charge in [-0.1, -0.05) is 0 Å². The Hall–Kier alpha value is -2.52. The van der Waals surface area contributed by atoms with Gasteiger partial charge in [-0.2, -0.15) is 0 Å². The monoisotopic (exact) mass is 376 g/mol. The van der Waals surface area contributed by atoms with Gasteiger partial charge in [-0.25, -0.2) is 4.98 Å². The molecule has 0 aliphatic carbocycles. The van der Waals surface area contributed by atoms with Crippen molar-refractivity contribution in [1.29, 1.82) is 0 Å². The Kier molecular flexibility index (Phi) is 5.79. The van der Waals surface area contributed by atoms with Crippen molar-refractivity contribution in [2.45, 2.75) is 13.3 Å². The van der Waals surface area contributed by atoms with E-state index in [0.29, 0.717) is 50.5 Å². The highest BCUT2D eigenvalue weighted by Gasteiger charge is 2.21. The minimum atomic E-state index is -0.488. The minimum absolute atomic E-state index is 0.0951. The topological polar surface area (TPSA) is 97.6 Å². The molecule has 0 saturated carbocycles. The maximum atomic E-state index is 12.7. The number of hydrogen-bond donors (Lipinski definition) is 1. The van der Waals surface area contributed by atoms with Gasteiger partial charge in [0.25, 0.3) is 11.6 Å². The molecule has 1 saturated heterocycles. The number of nitrogens with one attached hydrogen (secondary N) is 1. The predicted molar refractivity (Wildman–Crippen MR) is 99.0 cm³/mol. The van der Waals surface area contributed by atoms with Crippen LogP contribution in [0.2, 0.25) is 0 Å². The molecule has 0 spiro atoms. The van der Waals surface area contributed by atoms with Crippen molar-refractivity contribution in [2.24, 2.45) is 0 Å². The number of carbonyl (C=O) groups excluding carboxylic acids is 1. The summed E-state index contributed by atoms with van der Waals surface area (Å²) < 4.78 is 5.34. The third-order valence-corrected chi connectivity index (χ3v) is 4.94. The second-order valence-corrected chi connectivity index (χ2v) is 6.98. The lowest BCUT2D eigenvalue weighted by molar-refractivity contribution is -0.384. The number of benzene rings is 1. The highest BCUT2D eigenvalue weighted by atomic mass is 32.1. The molecule has 1 aliphatic heterocycles. The van der Waals surface area contributed by atoms with Gasteiger partial charge in [-0.3, -0.25) is 14.9 Å². The van der Waals surface area contributed by atoms with Crippen LogP contribution in [-0.4, -0.2) is 48.7 Å². The molecule has 0 atom stereocenters. The fraction of sp³-hybridized carbons (Fsp3) is 0.412. The molecule has 26 heavy (non-hydrogen) atoms. The van der Waals surface area contributed by atoms with E-state index >= 15 is 0 Å². The Morgan fingerprint density at radius 2 is 2.19 bits per heavy atom. The molecule has 1 amide bonds. The molecular weight excluding hydrogens is 356 g/mol. The van der Waals surface area contributed by atoms with Gasteiger partial charge in [0.2, 0.25) is 0 Å². The van der Waals surface area contributed by atoms with Crippen LogP contribution >= 0.6 is 11.3 Å². The Labute approximate surface area is 154 Å². The van der Waals surface area contributed by atoms with Crippen LogP contribution in [0.5, 0.6) is 0 Å². The first-order valence-corrected chi connectivity index (χ1v) is 9.23. The van der Waals surface area contributed by atoms with Crippen LogP contribution in [0.1, 0.15) is 21.1 Å². The number of nitro benzene ring substituents is 1. The number of aryl methyl sites for hydroxylation is 1. The van der Waals surface area contributed by atoms with E-state index in [1.54, 1.807) is 17.4 Å². The molecule has 138 valence electrons. The number of non-ortho nitro benzene ring substituents is 1. The van der Waals surface area contributed by atoms with Crippen LogP contribution in [0.3, 0.4) is 0 Å². The van der Waals surface area contributed by atoms with Crippen molar-refractivity contribution in [1.82, 2.24) is 10.3 Å². The fourth-order valence-corrected chi connectivity index (χ4v) is 3.47. The van der Waals surface area contributed by atoms with Crippen molar-refractivity contribution in [2.75, 3.05) is 37.7 Å². The summed E-state index contributed by atoms with van der Waals surface area (Å²) in [5, 5.41) is 16.9. The zero-order valence-corrected chi connectivity index (χ0v) is 15.3. The summed E-state index contributed by atoms with van der Waals surface area (Å²) in [6.45, 7) is 4.80. The van der Waals surface area contributed by atoms with E-state index in [1.165, 1.54) is 12.1 Å². The number of ether oxygens (including phenoxy) is 1. The molecule has 8 nitrogen and oxygen atoms in total. The number of hydrogen-bond acceptors (Lipinski definition) is 7. The molecule has 0 bridgehead atoms. The van der Waals surface area contributed by atoms with Crippen molar-refractivity contribution < 1.29 is 14.5 Å². The van der Waals surface area contributed by atoms with Gasteiger partial charge < -0.3 is 15.0 Å².